The van der Waals surface area contributed by atoms with Crippen LogP contribution in [0.15, 0.2) is 36.5 Å². The highest BCUT2D eigenvalue weighted by atomic mass is 16.5. The molecule has 7 nitrogen and oxygen atoms in total. The molecule has 0 saturated carbocycles. The first-order chi connectivity index (χ1) is 12.9. The van der Waals surface area contributed by atoms with E-state index in [4.69, 9.17) is 19.6 Å². The number of carbonyl (C=O) groups excluding carboxylic acids is 1. The van der Waals surface area contributed by atoms with E-state index >= 15 is 0 Å². The van der Waals surface area contributed by atoms with E-state index in [1.807, 2.05) is 50.4 Å². The number of rotatable bonds is 3. The summed E-state index contributed by atoms with van der Waals surface area (Å²) in [5.41, 5.74) is 5.28. The fourth-order valence-corrected chi connectivity index (χ4v) is 2.65. The van der Waals surface area contributed by atoms with Crippen LogP contribution in [0.4, 0.5) is 5.69 Å². The Bertz CT molecular complexity index is 969. The van der Waals surface area contributed by atoms with Gasteiger partial charge in [0.05, 0.1) is 24.0 Å². The van der Waals surface area contributed by atoms with Gasteiger partial charge >= 0.3 is 0 Å². The number of hydrogen-bond donors (Lipinski definition) is 2. The van der Waals surface area contributed by atoms with Gasteiger partial charge in [-0.3, -0.25) is 14.6 Å². The summed E-state index contributed by atoms with van der Waals surface area (Å²) in [6.07, 6.45) is 1.82. The maximum Gasteiger partial charge on any atom is 0.290 e. The second kappa shape index (κ2) is 8.75. The van der Waals surface area contributed by atoms with Gasteiger partial charge in [-0.25, -0.2) is 4.98 Å². The number of aryl methyl sites for hydroxylation is 2. The van der Waals surface area contributed by atoms with Crippen molar-refractivity contribution in [3.63, 3.8) is 0 Å². The van der Waals surface area contributed by atoms with Crippen LogP contribution in [0.2, 0.25) is 0 Å². The van der Waals surface area contributed by atoms with Crippen molar-refractivity contribution in [3.05, 3.63) is 47.8 Å². The van der Waals surface area contributed by atoms with Crippen molar-refractivity contribution in [3.8, 4) is 17.0 Å². The maximum atomic E-state index is 11.4. The monoisotopic (exact) mass is 367 g/mol. The summed E-state index contributed by atoms with van der Waals surface area (Å²) in [7, 11) is 1.58. The number of methoxy groups -OCH3 is 1. The van der Waals surface area contributed by atoms with Crippen LogP contribution in [0.5, 0.6) is 5.75 Å². The summed E-state index contributed by atoms with van der Waals surface area (Å²) in [5.74, 6) is 0.468. The molecule has 0 saturated heterocycles. The van der Waals surface area contributed by atoms with Crippen LogP contribution in [0.1, 0.15) is 18.2 Å². The molecule has 1 amide bonds. The zero-order chi connectivity index (χ0) is 20.0. The van der Waals surface area contributed by atoms with Crippen LogP contribution < -0.4 is 10.1 Å². The van der Waals surface area contributed by atoms with Crippen molar-refractivity contribution in [1.82, 2.24) is 9.97 Å². The predicted octanol–water partition coefficient (Wildman–Crippen LogP) is 3.58. The third kappa shape index (κ3) is 4.78. The molecule has 0 atom stereocenters. The number of nitrogens with zero attached hydrogens (tertiary/aromatic N) is 2. The summed E-state index contributed by atoms with van der Waals surface area (Å²) in [4.78, 5) is 28.8. The van der Waals surface area contributed by atoms with E-state index in [0.29, 0.717) is 11.4 Å². The first-order valence-electron chi connectivity index (χ1n) is 8.17. The second-order valence-corrected chi connectivity index (χ2v) is 5.87. The number of benzene rings is 1. The van der Waals surface area contributed by atoms with Gasteiger partial charge in [-0.15, -0.1) is 0 Å². The number of aromatic nitrogens is 2. The zero-order valence-corrected chi connectivity index (χ0v) is 15.6. The minimum absolute atomic E-state index is 0.150. The third-order valence-corrected chi connectivity index (χ3v) is 3.85. The molecule has 0 aliphatic heterocycles. The average molecular weight is 367 g/mol. The SMILES string of the molecule is COc1cc2c(C)cc(-c3ccc(C)nc3)nc2cc1NC(C)=O.O=CO. The van der Waals surface area contributed by atoms with Gasteiger partial charge in [-0.2, -0.15) is 0 Å². The van der Waals surface area contributed by atoms with Crippen molar-refractivity contribution in [2.24, 2.45) is 0 Å². The van der Waals surface area contributed by atoms with E-state index in [2.05, 4.69) is 10.3 Å². The quantitative estimate of drug-likeness (QED) is 0.686. The van der Waals surface area contributed by atoms with Crippen LogP contribution in [-0.4, -0.2) is 34.6 Å². The molecule has 3 rings (SSSR count). The molecule has 0 aliphatic rings. The van der Waals surface area contributed by atoms with E-state index in [1.54, 1.807) is 7.11 Å². The van der Waals surface area contributed by atoms with Gasteiger partial charge in [0.15, 0.2) is 0 Å². The predicted molar refractivity (Wildman–Crippen MR) is 104 cm³/mol. The molecular formula is C20H21N3O4. The highest BCUT2D eigenvalue weighted by Crippen LogP contribution is 2.33. The van der Waals surface area contributed by atoms with E-state index in [9.17, 15) is 4.79 Å². The smallest absolute Gasteiger partial charge is 0.290 e. The summed E-state index contributed by atoms with van der Waals surface area (Å²) in [5, 5.41) is 10.7. The number of pyridine rings is 2. The molecular weight excluding hydrogens is 346 g/mol. The number of hydrogen-bond acceptors (Lipinski definition) is 5. The molecule has 7 heteroatoms. The Morgan fingerprint density at radius 1 is 1.22 bits per heavy atom. The number of ether oxygens (including phenoxy) is 1. The van der Waals surface area contributed by atoms with Crippen LogP contribution in [0, 0.1) is 13.8 Å². The first kappa shape index (κ1) is 19.8. The molecule has 140 valence electrons. The summed E-state index contributed by atoms with van der Waals surface area (Å²) in [6.45, 7) is 5.21. The lowest BCUT2D eigenvalue weighted by atomic mass is 10.0. The normalized spacial score (nSPS) is 9.93. The molecule has 0 bridgehead atoms. The number of anilines is 1. The largest absolute Gasteiger partial charge is 0.495 e. The molecule has 0 spiro atoms. The van der Waals surface area contributed by atoms with Crippen molar-refractivity contribution in [1.29, 1.82) is 0 Å². The molecule has 2 N–H and O–H groups in total. The fraction of sp³-hybridized carbons (Fsp3) is 0.200. The van der Waals surface area contributed by atoms with E-state index in [1.165, 1.54) is 6.92 Å². The molecule has 27 heavy (non-hydrogen) atoms. The van der Waals surface area contributed by atoms with Crippen LogP contribution in [-0.2, 0) is 9.59 Å². The van der Waals surface area contributed by atoms with Gasteiger partial charge in [0.25, 0.3) is 6.47 Å². The highest BCUT2D eigenvalue weighted by molar-refractivity contribution is 5.96. The van der Waals surface area contributed by atoms with Crippen molar-refractivity contribution in [2.45, 2.75) is 20.8 Å². The summed E-state index contributed by atoms with van der Waals surface area (Å²) < 4.78 is 5.38. The van der Waals surface area contributed by atoms with Gasteiger partial charge in [0, 0.05) is 29.8 Å². The van der Waals surface area contributed by atoms with E-state index in [-0.39, 0.29) is 12.4 Å². The molecule has 3 aromatic rings. The molecule has 0 unspecified atom stereocenters. The Hall–Kier alpha value is -3.48. The number of amides is 1. The Balaban J connectivity index is 0.000000817. The Kier molecular flexibility index (Phi) is 6.43. The lowest BCUT2D eigenvalue weighted by Gasteiger charge is -2.13. The Morgan fingerprint density at radius 3 is 2.48 bits per heavy atom. The Morgan fingerprint density at radius 2 is 1.93 bits per heavy atom. The first-order valence-corrected chi connectivity index (χ1v) is 8.17. The molecule has 0 fully saturated rings. The molecule has 0 radical (unpaired) electrons. The van der Waals surface area contributed by atoms with Gasteiger partial charge in [0.1, 0.15) is 5.75 Å². The lowest BCUT2D eigenvalue weighted by Crippen LogP contribution is -2.07. The molecule has 0 aliphatic carbocycles. The third-order valence-electron chi connectivity index (χ3n) is 3.85. The van der Waals surface area contributed by atoms with Crippen LogP contribution in [0.25, 0.3) is 22.2 Å². The maximum absolute atomic E-state index is 11.4. The van der Waals surface area contributed by atoms with Crippen LogP contribution >= 0.6 is 0 Å². The van der Waals surface area contributed by atoms with Gasteiger partial charge < -0.3 is 15.2 Å². The van der Waals surface area contributed by atoms with E-state index in [0.717, 1.165) is 33.4 Å². The van der Waals surface area contributed by atoms with Gasteiger partial charge in [-0.1, -0.05) is 0 Å². The molecule has 2 heterocycles. The summed E-state index contributed by atoms with van der Waals surface area (Å²) in [6, 6.07) is 9.75. The average Bonchev–Trinajstić information content (AvgIpc) is 2.62. The second-order valence-electron chi connectivity index (χ2n) is 5.87. The molecule has 2 aromatic heterocycles. The number of carboxylic acid groups (broad SMARTS) is 1. The number of fused-ring (bicyclic) bond motifs is 1. The lowest BCUT2D eigenvalue weighted by molar-refractivity contribution is -0.123. The van der Waals surface area contributed by atoms with Crippen LogP contribution in [0.3, 0.4) is 0 Å². The minimum atomic E-state index is -0.250. The Labute approximate surface area is 157 Å². The van der Waals surface area contributed by atoms with E-state index < -0.39 is 0 Å². The standard InChI is InChI=1S/C19H19N3O2.CH2O2/c1-11-7-16(14-6-5-12(2)20-10-14)22-17-9-18(21-13(3)23)19(24-4)8-15(11)17;2-1-3/h5-10H,1-4H3,(H,21,23);1H,(H,2,3). The zero-order valence-electron chi connectivity index (χ0n) is 15.6. The molecule has 1 aromatic carbocycles. The minimum Gasteiger partial charge on any atom is -0.495 e. The number of carbonyl (C=O) groups is 2. The van der Waals surface area contributed by atoms with Crippen molar-refractivity contribution in [2.75, 3.05) is 12.4 Å². The fourth-order valence-electron chi connectivity index (χ4n) is 2.65. The highest BCUT2D eigenvalue weighted by Gasteiger charge is 2.11. The van der Waals surface area contributed by atoms with Gasteiger partial charge in [-0.05, 0) is 49.7 Å². The summed E-state index contributed by atoms with van der Waals surface area (Å²) >= 11 is 0. The van der Waals surface area contributed by atoms with Crippen molar-refractivity contribution >= 4 is 29.0 Å². The number of nitrogens with one attached hydrogen (secondary N) is 1. The van der Waals surface area contributed by atoms with Crippen molar-refractivity contribution < 1.29 is 19.4 Å². The van der Waals surface area contributed by atoms with Gasteiger partial charge in [0.2, 0.25) is 5.91 Å². The topological polar surface area (TPSA) is 101 Å².